The van der Waals surface area contributed by atoms with Crippen molar-refractivity contribution in [1.82, 2.24) is 21.7 Å². The summed E-state index contributed by atoms with van der Waals surface area (Å²) in [6.07, 6.45) is 38.3. The number of amides is 6. The Labute approximate surface area is 458 Å². The van der Waals surface area contributed by atoms with Crippen molar-refractivity contribution in [2.45, 2.75) is 233 Å². The van der Waals surface area contributed by atoms with E-state index in [0.717, 1.165) is 51.4 Å². The number of nitrogens with one attached hydrogen (secondary N) is 6. The van der Waals surface area contributed by atoms with Gasteiger partial charge in [0.1, 0.15) is 0 Å². The summed E-state index contributed by atoms with van der Waals surface area (Å²) in [7, 11) is 0. The number of unbranched alkanes of at least 4 members (excludes halogenated alkanes) is 28. The van der Waals surface area contributed by atoms with Crippen LogP contribution in [0.1, 0.15) is 254 Å². The molecule has 0 aliphatic heterocycles. The molecule has 0 bridgehead atoms. The first-order valence-corrected chi connectivity index (χ1v) is 29.9. The second-order valence-electron chi connectivity index (χ2n) is 20.3. The lowest BCUT2D eigenvalue weighted by Gasteiger charge is -2.15. The van der Waals surface area contributed by atoms with Crippen molar-refractivity contribution in [3.8, 4) is 23.0 Å². The van der Waals surface area contributed by atoms with E-state index in [9.17, 15) is 19.2 Å². The zero-order chi connectivity index (χ0) is 54.5. The lowest BCUT2D eigenvalue weighted by molar-refractivity contribution is 0.0930. The first-order valence-electron chi connectivity index (χ1n) is 29.9. The lowest BCUT2D eigenvalue weighted by atomic mass is 10.1. The molecule has 0 atom stereocenters. The van der Waals surface area contributed by atoms with E-state index in [1.165, 1.54) is 154 Å². The van der Waals surface area contributed by atoms with Gasteiger partial charge >= 0.3 is 12.1 Å². The van der Waals surface area contributed by atoms with Crippen molar-refractivity contribution >= 4 is 35.3 Å². The molecule has 0 saturated carbocycles. The van der Waals surface area contributed by atoms with Gasteiger partial charge < -0.3 is 29.6 Å². The first-order chi connectivity index (χ1) is 37.3. The average molecular weight is 1060 g/mol. The summed E-state index contributed by atoms with van der Waals surface area (Å²) in [5.41, 5.74) is 11.2. The molecule has 6 amide bonds. The smallest absolute Gasteiger partial charge is 0.337 e. The maximum Gasteiger partial charge on any atom is 0.337 e. The molecule has 0 radical (unpaired) electrons. The Morgan fingerprint density at radius 3 is 0.829 bits per heavy atom. The molecule has 14 nitrogen and oxygen atoms in total. The Bertz CT molecular complexity index is 1860. The summed E-state index contributed by atoms with van der Waals surface area (Å²) >= 11 is 0. The van der Waals surface area contributed by atoms with Crippen LogP contribution in [-0.4, -0.2) is 50.3 Å². The maximum absolute atomic E-state index is 13.2. The summed E-state index contributed by atoms with van der Waals surface area (Å²) in [5.74, 6) is 1.18. The highest BCUT2D eigenvalue weighted by Crippen LogP contribution is 2.31. The van der Waals surface area contributed by atoms with E-state index in [2.05, 4.69) is 60.0 Å². The van der Waals surface area contributed by atoms with Crippen molar-refractivity contribution in [1.29, 1.82) is 0 Å². The monoisotopic (exact) mass is 1060 g/mol. The average Bonchev–Trinajstić information content (AvgIpc) is 3.43. The Kier molecular flexibility index (Phi) is 36.9. The number of ether oxygens (including phenoxy) is 4. The van der Waals surface area contributed by atoms with Crippen LogP contribution < -0.4 is 51.3 Å². The number of rotatable bonds is 44. The van der Waals surface area contributed by atoms with Gasteiger partial charge in [-0.15, -0.1) is 0 Å². The molecule has 3 rings (SSSR count). The number of hydrogen-bond acceptors (Lipinski definition) is 8. The molecular formula is C62H100N6O8. The third-order valence-electron chi connectivity index (χ3n) is 13.4. The second kappa shape index (κ2) is 43.4. The number of carbonyl (C=O) groups excluding carboxylic acids is 4. The van der Waals surface area contributed by atoms with Gasteiger partial charge in [0.2, 0.25) is 0 Å². The van der Waals surface area contributed by atoms with Crippen molar-refractivity contribution in [2.24, 2.45) is 0 Å². The number of anilines is 2. The molecule has 0 saturated heterocycles. The lowest BCUT2D eigenvalue weighted by Crippen LogP contribution is -2.44. The van der Waals surface area contributed by atoms with Gasteiger partial charge in [-0.3, -0.25) is 20.4 Å². The van der Waals surface area contributed by atoms with Crippen LogP contribution in [0.4, 0.5) is 21.0 Å². The van der Waals surface area contributed by atoms with Gasteiger partial charge in [-0.25, -0.2) is 20.4 Å². The Hall–Kier alpha value is -5.66. The minimum Gasteiger partial charge on any atom is -0.490 e. The second-order valence-corrected chi connectivity index (χ2v) is 20.3. The number of benzene rings is 3. The number of hydrogen-bond donors (Lipinski definition) is 6. The van der Waals surface area contributed by atoms with Gasteiger partial charge in [0.05, 0.1) is 26.4 Å². The summed E-state index contributed by atoms with van der Waals surface area (Å²) in [6, 6.07) is 15.2. The van der Waals surface area contributed by atoms with Gasteiger partial charge in [0, 0.05) is 22.5 Å². The topological polar surface area (TPSA) is 177 Å². The first kappa shape index (κ1) is 64.6. The zero-order valence-corrected chi connectivity index (χ0v) is 47.5. The van der Waals surface area contributed by atoms with Crippen molar-refractivity contribution < 1.29 is 38.1 Å². The zero-order valence-electron chi connectivity index (χ0n) is 47.5. The van der Waals surface area contributed by atoms with Crippen molar-refractivity contribution in [3.05, 3.63) is 71.8 Å². The summed E-state index contributed by atoms with van der Waals surface area (Å²) < 4.78 is 24.7. The normalized spacial score (nSPS) is 10.9. The third kappa shape index (κ3) is 30.8. The van der Waals surface area contributed by atoms with Crippen LogP contribution in [0, 0.1) is 0 Å². The predicted octanol–water partition coefficient (Wildman–Crippen LogP) is 16.7. The van der Waals surface area contributed by atoms with Crippen LogP contribution in [0.25, 0.3) is 0 Å². The van der Waals surface area contributed by atoms with E-state index in [1.807, 2.05) is 0 Å². The van der Waals surface area contributed by atoms with E-state index in [0.29, 0.717) is 71.9 Å². The summed E-state index contributed by atoms with van der Waals surface area (Å²) in [5, 5.41) is 5.34. The minimum absolute atomic E-state index is 0.311. The molecule has 426 valence electrons. The SMILES string of the molecule is CCCCCCCCCCOc1ccc(C(=O)NNC(=O)Nc2ccc(NC(=O)NNC(=O)c3ccc(OCCCCCCCCCC)c(OCCCCCCCCCC)c3)cc2)cc1OCCCCCCCCCC. The number of urea groups is 2. The Balaban J connectivity index is 1.47. The molecular weight excluding hydrogens is 957 g/mol. The van der Waals surface area contributed by atoms with Crippen LogP contribution >= 0.6 is 0 Å². The summed E-state index contributed by atoms with van der Waals surface area (Å²) in [4.78, 5) is 52.1. The fourth-order valence-corrected chi connectivity index (χ4v) is 8.77. The molecule has 0 spiro atoms. The molecule has 3 aromatic carbocycles. The maximum atomic E-state index is 13.2. The standard InChI is InChI=1S/C62H100N6O8/c1-5-9-13-17-21-25-29-33-45-73-55-43-37-51(49-57(55)75-47-35-31-27-23-19-15-11-7-3)59(69)65-67-61(71)63-53-39-41-54(42-40-53)64-62(72)68-66-60(70)52-38-44-56(74-46-34-30-26-22-18-14-10-6-2)58(50-52)76-48-36-32-28-24-20-16-12-8-4/h37-44,49-50H,5-36,45-48H2,1-4H3,(H,65,69)(H,66,70)(H2,63,67,71)(H2,64,68,72). The third-order valence-corrected chi connectivity index (χ3v) is 13.4. The van der Waals surface area contributed by atoms with Crippen LogP contribution in [0.3, 0.4) is 0 Å². The molecule has 0 aliphatic carbocycles. The number of carbonyl (C=O) groups is 4. The van der Waals surface area contributed by atoms with Crippen molar-refractivity contribution in [2.75, 3.05) is 37.1 Å². The highest BCUT2D eigenvalue weighted by Gasteiger charge is 2.16. The van der Waals surface area contributed by atoms with Crippen molar-refractivity contribution in [3.63, 3.8) is 0 Å². The predicted molar refractivity (Wildman–Crippen MR) is 311 cm³/mol. The van der Waals surface area contributed by atoms with Crippen LogP contribution in [0.5, 0.6) is 23.0 Å². The largest absolute Gasteiger partial charge is 0.490 e. The number of hydrazine groups is 2. The van der Waals surface area contributed by atoms with Gasteiger partial charge in [-0.1, -0.05) is 207 Å². The van der Waals surface area contributed by atoms with Crippen LogP contribution in [0.15, 0.2) is 60.7 Å². The molecule has 0 aromatic heterocycles. The molecule has 0 unspecified atom stereocenters. The molecule has 3 aromatic rings. The highest BCUT2D eigenvalue weighted by atomic mass is 16.5. The van der Waals surface area contributed by atoms with Crippen LogP contribution in [0.2, 0.25) is 0 Å². The highest BCUT2D eigenvalue weighted by molar-refractivity contribution is 5.99. The van der Waals surface area contributed by atoms with E-state index < -0.39 is 23.9 Å². The van der Waals surface area contributed by atoms with E-state index in [1.54, 1.807) is 60.7 Å². The van der Waals surface area contributed by atoms with Gasteiger partial charge in [0.25, 0.3) is 11.8 Å². The molecule has 0 fully saturated rings. The van der Waals surface area contributed by atoms with Crippen LogP contribution in [-0.2, 0) is 0 Å². The van der Waals surface area contributed by atoms with Gasteiger partial charge in [-0.05, 0) is 86.3 Å². The molecule has 14 heteroatoms. The van der Waals surface area contributed by atoms with E-state index in [4.69, 9.17) is 18.9 Å². The molecule has 76 heavy (non-hydrogen) atoms. The Morgan fingerprint density at radius 1 is 0.303 bits per heavy atom. The molecule has 0 aliphatic rings. The summed E-state index contributed by atoms with van der Waals surface area (Å²) in [6.45, 7) is 11.1. The van der Waals surface area contributed by atoms with Gasteiger partial charge in [0.15, 0.2) is 23.0 Å². The Morgan fingerprint density at radius 2 is 0.553 bits per heavy atom. The molecule has 6 N–H and O–H groups in total. The fraction of sp³-hybridized carbons (Fsp3) is 0.645. The van der Waals surface area contributed by atoms with Gasteiger partial charge in [-0.2, -0.15) is 0 Å². The quantitative estimate of drug-likeness (QED) is 0.0239. The fourth-order valence-electron chi connectivity index (χ4n) is 8.77. The van der Waals surface area contributed by atoms with E-state index in [-0.39, 0.29) is 0 Å². The minimum atomic E-state index is -0.671. The van der Waals surface area contributed by atoms with E-state index >= 15 is 0 Å². The molecule has 0 heterocycles.